The molecule has 0 saturated carbocycles. The Hall–Kier alpha value is -5.40. The molecule has 0 spiro atoms. The van der Waals surface area contributed by atoms with Crippen LogP contribution in [0.4, 0.5) is 17.1 Å². The summed E-state index contributed by atoms with van der Waals surface area (Å²) in [5.74, 6) is 0. The second-order valence-electron chi connectivity index (χ2n) is 14.2. The van der Waals surface area contributed by atoms with Crippen LogP contribution < -0.4 is 4.90 Å². The van der Waals surface area contributed by atoms with E-state index in [-0.39, 0.29) is 10.8 Å². The lowest BCUT2D eigenvalue weighted by Gasteiger charge is -2.38. The second kappa shape index (κ2) is 10.0. The van der Waals surface area contributed by atoms with Crippen molar-refractivity contribution in [2.45, 2.75) is 38.5 Å². The third-order valence-electron chi connectivity index (χ3n) is 10.9. The molecule has 0 aromatic heterocycles. The Kier molecular flexibility index (Phi) is 5.96. The maximum absolute atomic E-state index is 2.53. The number of anilines is 3. The van der Waals surface area contributed by atoms with Crippen LogP contribution in [0.3, 0.4) is 0 Å². The minimum absolute atomic E-state index is 0.103. The predicted molar refractivity (Wildman–Crippen MR) is 199 cm³/mol. The van der Waals surface area contributed by atoms with Crippen molar-refractivity contribution in [1.29, 1.82) is 0 Å². The molecule has 0 amide bonds. The molecule has 2 aliphatic carbocycles. The first-order chi connectivity index (χ1) is 22.9. The average Bonchev–Trinajstić information content (AvgIpc) is 3.34. The van der Waals surface area contributed by atoms with Gasteiger partial charge in [0.25, 0.3) is 0 Å². The van der Waals surface area contributed by atoms with Gasteiger partial charge in [-0.25, -0.2) is 0 Å². The van der Waals surface area contributed by atoms with E-state index >= 15 is 0 Å². The summed E-state index contributed by atoms with van der Waals surface area (Å²) in [6.07, 6.45) is 0. The number of rotatable bonds is 4. The highest BCUT2D eigenvalue weighted by Gasteiger charge is 2.38. The maximum Gasteiger partial charge on any atom is 0.0546 e. The molecule has 1 heteroatoms. The van der Waals surface area contributed by atoms with Crippen molar-refractivity contribution >= 4 is 27.8 Å². The number of fused-ring (bicyclic) bond motifs is 5. The Balaban J connectivity index is 1.38. The Bertz CT molecular complexity index is 2360. The molecule has 47 heavy (non-hydrogen) atoms. The van der Waals surface area contributed by atoms with Crippen molar-refractivity contribution in [3.63, 3.8) is 0 Å². The molecule has 0 bridgehead atoms. The quantitative estimate of drug-likeness (QED) is 0.193. The van der Waals surface area contributed by atoms with Gasteiger partial charge in [0.1, 0.15) is 0 Å². The molecule has 0 N–H and O–H groups in total. The highest BCUT2D eigenvalue weighted by atomic mass is 15.1. The Morgan fingerprint density at radius 1 is 0.404 bits per heavy atom. The number of nitrogens with zero attached hydrogens (tertiary/aromatic N) is 1. The van der Waals surface area contributed by atoms with Gasteiger partial charge in [0.15, 0.2) is 0 Å². The Labute approximate surface area is 277 Å². The zero-order valence-corrected chi connectivity index (χ0v) is 27.4. The molecule has 7 aromatic carbocycles. The summed E-state index contributed by atoms with van der Waals surface area (Å²) in [4.78, 5) is 2.53. The molecule has 0 atom stereocenters. The number of benzene rings is 7. The fourth-order valence-corrected chi connectivity index (χ4v) is 8.51. The predicted octanol–water partition coefficient (Wildman–Crippen LogP) is 12.6. The number of hydrogen-bond acceptors (Lipinski definition) is 1. The molecule has 7 aromatic rings. The van der Waals surface area contributed by atoms with Crippen LogP contribution >= 0.6 is 0 Å². The monoisotopic (exact) mass is 603 g/mol. The summed E-state index contributed by atoms with van der Waals surface area (Å²) in [6, 6.07) is 56.3. The fraction of sp³-hybridized carbons (Fsp3) is 0.130. The molecule has 0 unspecified atom stereocenters. The Morgan fingerprint density at radius 3 is 1.79 bits per heavy atom. The van der Waals surface area contributed by atoms with Gasteiger partial charge in [-0.3, -0.25) is 0 Å². The van der Waals surface area contributed by atoms with Crippen LogP contribution in [0.15, 0.2) is 152 Å². The number of para-hydroxylation sites is 1. The second-order valence-corrected chi connectivity index (χ2v) is 14.2. The van der Waals surface area contributed by atoms with E-state index in [0.29, 0.717) is 0 Å². The molecule has 0 heterocycles. The van der Waals surface area contributed by atoms with E-state index < -0.39 is 0 Å². The molecular weight excluding hydrogens is 567 g/mol. The van der Waals surface area contributed by atoms with Crippen molar-refractivity contribution in [2.24, 2.45) is 0 Å². The van der Waals surface area contributed by atoms with E-state index in [1.54, 1.807) is 0 Å². The van der Waals surface area contributed by atoms with E-state index in [4.69, 9.17) is 0 Å². The summed E-state index contributed by atoms with van der Waals surface area (Å²) < 4.78 is 0. The lowest BCUT2D eigenvalue weighted by atomic mass is 9.68. The molecule has 0 aliphatic heterocycles. The van der Waals surface area contributed by atoms with Crippen molar-refractivity contribution < 1.29 is 0 Å². The standard InChI is InChI=1S/C46H37N/c1-45(2)38-22-12-9-20-36(38)44-42(28-25-31-17-14-23-39(45)43(31)44)47(41-24-13-10-18-33(41)30-15-6-5-7-16-30)32-26-27-35-34-19-8-11-21-37(34)46(3,4)40(35)29-32/h5-29H,1-4H3. The van der Waals surface area contributed by atoms with Gasteiger partial charge < -0.3 is 4.90 Å². The topological polar surface area (TPSA) is 3.24 Å². The third-order valence-corrected chi connectivity index (χ3v) is 10.9. The lowest BCUT2D eigenvalue weighted by Crippen LogP contribution is -2.24. The summed E-state index contributed by atoms with van der Waals surface area (Å²) in [5.41, 5.74) is 16.5. The van der Waals surface area contributed by atoms with Crippen molar-refractivity contribution in [1.82, 2.24) is 0 Å². The summed E-state index contributed by atoms with van der Waals surface area (Å²) in [7, 11) is 0. The summed E-state index contributed by atoms with van der Waals surface area (Å²) >= 11 is 0. The molecule has 0 radical (unpaired) electrons. The zero-order valence-electron chi connectivity index (χ0n) is 27.4. The minimum Gasteiger partial charge on any atom is -0.309 e. The molecule has 1 nitrogen and oxygen atoms in total. The van der Waals surface area contributed by atoms with Gasteiger partial charge >= 0.3 is 0 Å². The normalized spacial score (nSPS) is 14.7. The van der Waals surface area contributed by atoms with Crippen molar-refractivity contribution in [3.8, 4) is 33.4 Å². The Morgan fingerprint density at radius 2 is 1.00 bits per heavy atom. The fourth-order valence-electron chi connectivity index (χ4n) is 8.51. The first-order valence-electron chi connectivity index (χ1n) is 16.7. The van der Waals surface area contributed by atoms with Gasteiger partial charge in [-0.05, 0) is 79.5 Å². The van der Waals surface area contributed by atoms with E-state index in [9.17, 15) is 0 Å². The van der Waals surface area contributed by atoms with Gasteiger partial charge in [-0.15, -0.1) is 0 Å². The highest BCUT2D eigenvalue weighted by molar-refractivity contribution is 6.10. The van der Waals surface area contributed by atoms with Crippen LogP contribution in [0.2, 0.25) is 0 Å². The van der Waals surface area contributed by atoms with Crippen molar-refractivity contribution in [3.05, 3.63) is 174 Å². The molecule has 226 valence electrons. The SMILES string of the molecule is CC1(C)c2ccccc2-c2ccc(N(c3ccccc3-c3ccccc3)c3ccc4cccc5c4c3-c3ccccc3C5(C)C)cc21. The van der Waals surface area contributed by atoms with Crippen molar-refractivity contribution in [2.75, 3.05) is 4.90 Å². The van der Waals surface area contributed by atoms with Gasteiger partial charge in [0.05, 0.1) is 11.4 Å². The largest absolute Gasteiger partial charge is 0.309 e. The zero-order chi connectivity index (χ0) is 31.9. The smallest absolute Gasteiger partial charge is 0.0546 e. The molecule has 0 saturated heterocycles. The van der Waals surface area contributed by atoms with Gasteiger partial charge in [0, 0.05) is 27.6 Å². The van der Waals surface area contributed by atoms with Gasteiger partial charge in [-0.2, -0.15) is 0 Å². The average molecular weight is 604 g/mol. The van der Waals surface area contributed by atoms with Crippen LogP contribution in [-0.2, 0) is 10.8 Å². The van der Waals surface area contributed by atoms with E-state index in [0.717, 1.165) is 0 Å². The van der Waals surface area contributed by atoms with Crippen LogP contribution in [0.25, 0.3) is 44.2 Å². The van der Waals surface area contributed by atoms with E-state index in [2.05, 4.69) is 184 Å². The molecular formula is C46H37N. The van der Waals surface area contributed by atoms with E-state index in [1.165, 1.54) is 83.5 Å². The van der Waals surface area contributed by atoms with Crippen LogP contribution in [-0.4, -0.2) is 0 Å². The minimum atomic E-state index is -0.113. The highest BCUT2D eigenvalue weighted by Crippen LogP contribution is 2.56. The third kappa shape index (κ3) is 3.96. The van der Waals surface area contributed by atoms with Gasteiger partial charge in [-0.1, -0.05) is 155 Å². The lowest BCUT2D eigenvalue weighted by molar-refractivity contribution is 0.645. The molecule has 2 aliphatic rings. The first-order valence-corrected chi connectivity index (χ1v) is 16.7. The van der Waals surface area contributed by atoms with Crippen LogP contribution in [0, 0.1) is 0 Å². The van der Waals surface area contributed by atoms with Crippen LogP contribution in [0.5, 0.6) is 0 Å². The van der Waals surface area contributed by atoms with E-state index in [1.807, 2.05) is 0 Å². The van der Waals surface area contributed by atoms with Crippen LogP contribution in [0.1, 0.15) is 49.9 Å². The number of hydrogen-bond donors (Lipinski definition) is 0. The summed E-state index contributed by atoms with van der Waals surface area (Å²) in [6.45, 7) is 9.49. The molecule has 0 fully saturated rings. The van der Waals surface area contributed by atoms with Gasteiger partial charge in [0.2, 0.25) is 0 Å². The molecule has 9 rings (SSSR count). The summed E-state index contributed by atoms with van der Waals surface area (Å²) in [5, 5.41) is 2.63. The first kappa shape index (κ1) is 27.9. The maximum atomic E-state index is 2.53.